The summed E-state index contributed by atoms with van der Waals surface area (Å²) in [6, 6.07) is 0. The van der Waals surface area contributed by atoms with Gasteiger partial charge in [-0.25, -0.2) is 0 Å². The van der Waals surface area contributed by atoms with E-state index in [0.717, 1.165) is 19.6 Å². The van der Waals surface area contributed by atoms with Crippen LogP contribution in [0.5, 0.6) is 0 Å². The molecule has 15 heavy (non-hydrogen) atoms. The maximum Gasteiger partial charge on any atom is 0.188 e. The van der Waals surface area contributed by atoms with Crippen LogP contribution in [0.2, 0.25) is 0 Å². The maximum atomic E-state index is 5.67. The second kappa shape index (κ2) is 6.67. The molecule has 0 aliphatic carbocycles. The molecule has 4 heteroatoms. The number of hydrogen-bond acceptors (Lipinski definition) is 2. The molecule has 0 aromatic rings. The Balaban J connectivity index is 2.16. The van der Waals surface area contributed by atoms with Crippen molar-refractivity contribution in [2.75, 3.05) is 32.7 Å². The van der Waals surface area contributed by atoms with Gasteiger partial charge in [0.15, 0.2) is 5.96 Å². The Morgan fingerprint density at radius 2 is 2.13 bits per heavy atom. The van der Waals surface area contributed by atoms with Crippen LogP contribution >= 0.6 is 0 Å². The van der Waals surface area contributed by atoms with Gasteiger partial charge in [-0.05, 0) is 38.8 Å². The Labute approximate surface area is 92.9 Å². The van der Waals surface area contributed by atoms with Crippen molar-refractivity contribution in [1.82, 2.24) is 10.2 Å². The highest BCUT2D eigenvalue weighted by Crippen LogP contribution is 2.10. The zero-order valence-electron chi connectivity index (χ0n) is 10.00. The van der Waals surface area contributed by atoms with Gasteiger partial charge in [0.05, 0.1) is 0 Å². The number of nitrogens with zero attached hydrogens (tertiary/aromatic N) is 2. The van der Waals surface area contributed by atoms with Crippen molar-refractivity contribution >= 4 is 5.96 Å². The second-order valence-electron chi connectivity index (χ2n) is 4.37. The third kappa shape index (κ3) is 5.02. The Bertz CT molecular complexity index is 197. The van der Waals surface area contributed by atoms with E-state index in [1.165, 1.54) is 25.9 Å². The van der Waals surface area contributed by atoms with Crippen molar-refractivity contribution in [2.24, 2.45) is 16.6 Å². The smallest absolute Gasteiger partial charge is 0.188 e. The second-order valence-corrected chi connectivity index (χ2v) is 4.37. The van der Waals surface area contributed by atoms with Gasteiger partial charge in [-0.3, -0.25) is 4.99 Å². The first-order valence-corrected chi connectivity index (χ1v) is 5.98. The van der Waals surface area contributed by atoms with Crippen molar-refractivity contribution in [3.05, 3.63) is 0 Å². The van der Waals surface area contributed by atoms with Gasteiger partial charge in [-0.1, -0.05) is 6.92 Å². The van der Waals surface area contributed by atoms with Gasteiger partial charge in [0.25, 0.3) is 0 Å². The van der Waals surface area contributed by atoms with E-state index in [1.807, 2.05) is 6.92 Å². The van der Waals surface area contributed by atoms with E-state index < -0.39 is 0 Å². The minimum atomic E-state index is 0.575. The van der Waals surface area contributed by atoms with Crippen LogP contribution in [0, 0.1) is 5.92 Å². The molecule has 1 aliphatic rings. The molecule has 1 aliphatic heterocycles. The lowest BCUT2D eigenvalue weighted by atomic mass is 10.2. The summed E-state index contributed by atoms with van der Waals surface area (Å²) in [6.07, 6.45) is 2.71. The lowest BCUT2D eigenvalue weighted by Gasteiger charge is -2.18. The van der Waals surface area contributed by atoms with Crippen LogP contribution < -0.4 is 11.1 Å². The summed E-state index contributed by atoms with van der Waals surface area (Å²) in [6.45, 7) is 9.61. The van der Waals surface area contributed by atoms with Crippen LogP contribution in [0.15, 0.2) is 4.99 Å². The van der Waals surface area contributed by atoms with Crippen LogP contribution in [0.1, 0.15) is 26.7 Å². The molecule has 1 heterocycles. The number of aliphatic imine (C=N–C) groups is 1. The summed E-state index contributed by atoms with van der Waals surface area (Å²) in [5.74, 6) is 1.17. The summed E-state index contributed by atoms with van der Waals surface area (Å²) in [5.41, 5.74) is 5.67. The normalized spacial score (nSPS) is 20.5. The molecular weight excluding hydrogens is 188 g/mol. The molecule has 0 aromatic heterocycles. The number of nitrogens with two attached hydrogens (primary N) is 1. The molecule has 1 saturated heterocycles. The first-order valence-electron chi connectivity index (χ1n) is 5.98. The topological polar surface area (TPSA) is 53.6 Å². The highest BCUT2D eigenvalue weighted by Gasteiger charge is 2.14. The molecule has 3 N–H and O–H groups in total. The molecule has 4 nitrogen and oxygen atoms in total. The van der Waals surface area contributed by atoms with E-state index in [9.17, 15) is 0 Å². The number of guanidine groups is 1. The third-order valence-corrected chi connectivity index (χ3v) is 2.70. The number of nitrogens with one attached hydrogen (secondary N) is 1. The molecule has 0 bridgehead atoms. The van der Waals surface area contributed by atoms with Crippen LogP contribution in [0.3, 0.4) is 0 Å². The first-order chi connectivity index (χ1) is 7.22. The highest BCUT2D eigenvalue weighted by atomic mass is 15.1. The quantitative estimate of drug-likeness (QED) is 0.519. The molecule has 0 saturated carbocycles. The fourth-order valence-corrected chi connectivity index (χ4v) is 1.95. The van der Waals surface area contributed by atoms with Crippen LogP contribution in [0.4, 0.5) is 0 Å². The predicted octanol–water partition coefficient (Wildman–Crippen LogP) is 0.643. The Morgan fingerprint density at radius 1 is 1.47 bits per heavy atom. The third-order valence-electron chi connectivity index (χ3n) is 2.70. The van der Waals surface area contributed by atoms with Crippen molar-refractivity contribution in [1.29, 1.82) is 0 Å². The first kappa shape index (κ1) is 12.3. The van der Waals surface area contributed by atoms with Crippen molar-refractivity contribution < 1.29 is 0 Å². The zero-order valence-corrected chi connectivity index (χ0v) is 10.00. The maximum absolute atomic E-state index is 5.67. The Kier molecular flexibility index (Phi) is 5.47. The molecule has 1 atom stereocenters. The lowest BCUT2D eigenvalue weighted by Crippen LogP contribution is -2.33. The van der Waals surface area contributed by atoms with Crippen LogP contribution in [-0.4, -0.2) is 43.6 Å². The van der Waals surface area contributed by atoms with E-state index in [4.69, 9.17) is 5.73 Å². The minimum Gasteiger partial charge on any atom is -0.370 e. The van der Waals surface area contributed by atoms with Crippen molar-refractivity contribution in [3.63, 3.8) is 0 Å². The van der Waals surface area contributed by atoms with Gasteiger partial charge in [-0.15, -0.1) is 0 Å². The van der Waals surface area contributed by atoms with Gasteiger partial charge < -0.3 is 16.0 Å². The number of rotatable bonds is 5. The summed E-state index contributed by atoms with van der Waals surface area (Å²) in [7, 11) is 0. The van der Waals surface area contributed by atoms with Gasteiger partial charge in [0.2, 0.25) is 0 Å². The number of likely N-dealkylation sites (tertiary alicyclic amines) is 1. The molecule has 0 amide bonds. The Morgan fingerprint density at radius 3 is 2.73 bits per heavy atom. The summed E-state index contributed by atoms with van der Waals surface area (Å²) in [4.78, 5) is 6.83. The van der Waals surface area contributed by atoms with Gasteiger partial charge in [-0.2, -0.15) is 0 Å². The fraction of sp³-hybridized carbons (Fsp3) is 0.909. The van der Waals surface area contributed by atoms with Gasteiger partial charge in [0.1, 0.15) is 0 Å². The minimum absolute atomic E-state index is 0.575. The zero-order chi connectivity index (χ0) is 11.1. The van der Waals surface area contributed by atoms with Gasteiger partial charge in [0, 0.05) is 19.6 Å². The fourth-order valence-electron chi connectivity index (χ4n) is 1.95. The molecule has 0 spiro atoms. The molecule has 0 radical (unpaired) electrons. The molecule has 1 unspecified atom stereocenters. The number of hydrogen-bond donors (Lipinski definition) is 2. The molecule has 1 rings (SSSR count). The summed E-state index contributed by atoms with van der Waals surface area (Å²) < 4.78 is 0. The SMILES string of the molecule is CCNC(N)=NCC(C)CN1CCCC1. The van der Waals surface area contributed by atoms with E-state index in [-0.39, 0.29) is 0 Å². The van der Waals surface area contributed by atoms with Crippen molar-refractivity contribution in [2.45, 2.75) is 26.7 Å². The van der Waals surface area contributed by atoms with E-state index in [0.29, 0.717) is 11.9 Å². The Hall–Kier alpha value is -0.770. The van der Waals surface area contributed by atoms with Gasteiger partial charge >= 0.3 is 0 Å². The molecule has 1 fully saturated rings. The van der Waals surface area contributed by atoms with E-state index >= 15 is 0 Å². The summed E-state index contributed by atoms with van der Waals surface area (Å²) in [5, 5.41) is 3.01. The molecule has 0 aromatic carbocycles. The monoisotopic (exact) mass is 212 g/mol. The largest absolute Gasteiger partial charge is 0.370 e. The average molecular weight is 212 g/mol. The predicted molar refractivity (Wildman–Crippen MR) is 65.0 cm³/mol. The van der Waals surface area contributed by atoms with Crippen LogP contribution in [-0.2, 0) is 0 Å². The average Bonchev–Trinajstić information content (AvgIpc) is 2.68. The lowest BCUT2D eigenvalue weighted by molar-refractivity contribution is 0.291. The standard InChI is InChI=1S/C11H24N4/c1-3-13-11(12)14-8-10(2)9-15-6-4-5-7-15/h10H,3-9H2,1-2H3,(H3,12,13,14). The highest BCUT2D eigenvalue weighted by molar-refractivity contribution is 5.77. The molecular formula is C11H24N4. The van der Waals surface area contributed by atoms with Crippen LogP contribution in [0.25, 0.3) is 0 Å². The summed E-state index contributed by atoms with van der Waals surface area (Å²) >= 11 is 0. The molecule has 88 valence electrons. The van der Waals surface area contributed by atoms with Crippen molar-refractivity contribution in [3.8, 4) is 0 Å². The van der Waals surface area contributed by atoms with E-state index in [1.54, 1.807) is 0 Å². The van der Waals surface area contributed by atoms with E-state index in [2.05, 4.69) is 22.1 Å².